The molecule has 7 heteroatoms. The van der Waals surface area contributed by atoms with E-state index in [1.807, 2.05) is 6.07 Å². The van der Waals surface area contributed by atoms with Gasteiger partial charge in [0.15, 0.2) is 5.82 Å². The Hall–Kier alpha value is -1.50. The fraction of sp³-hybridized carbons (Fsp3) is 0.400. The number of nitrogens with two attached hydrogens (primary N) is 1. The predicted octanol–water partition coefficient (Wildman–Crippen LogP) is 2.50. The summed E-state index contributed by atoms with van der Waals surface area (Å²) in [6.45, 7) is 2.56. The number of hydrogen-bond donors (Lipinski definition) is 1. The standard InChI is InChI=1S/C15H18F2N4.ClH/c16-11-3-4-15(14(17)8-11)21-7-5-13(19-21)10-20-6-1-2-12(18)9-20;/h3-5,7-8,12H,1-2,6,9-10,18H2;1H/t12-;/m1./s1. The molecule has 22 heavy (non-hydrogen) atoms. The summed E-state index contributed by atoms with van der Waals surface area (Å²) >= 11 is 0. The molecule has 0 amide bonds. The second kappa shape index (κ2) is 7.17. The Morgan fingerprint density at radius 2 is 2.09 bits per heavy atom. The van der Waals surface area contributed by atoms with Gasteiger partial charge in [0, 0.05) is 31.4 Å². The number of halogens is 3. The molecule has 0 radical (unpaired) electrons. The summed E-state index contributed by atoms with van der Waals surface area (Å²) in [6, 6.07) is 5.54. The summed E-state index contributed by atoms with van der Waals surface area (Å²) in [5.41, 5.74) is 7.06. The van der Waals surface area contributed by atoms with Crippen LogP contribution in [0.25, 0.3) is 5.69 Å². The van der Waals surface area contributed by atoms with Gasteiger partial charge >= 0.3 is 0 Å². The van der Waals surface area contributed by atoms with E-state index in [1.54, 1.807) is 6.20 Å². The maximum Gasteiger partial charge on any atom is 0.151 e. The lowest BCUT2D eigenvalue weighted by Crippen LogP contribution is -2.42. The highest BCUT2D eigenvalue weighted by atomic mass is 35.5. The molecular weight excluding hydrogens is 310 g/mol. The van der Waals surface area contributed by atoms with Gasteiger partial charge in [-0.05, 0) is 37.6 Å². The first-order valence-electron chi connectivity index (χ1n) is 7.10. The summed E-state index contributed by atoms with van der Waals surface area (Å²) in [7, 11) is 0. The molecule has 1 aliphatic heterocycles. The van der Waals surface area contributed by atoms with Gasteiger partial charge in [-0.1, -0.05) is 0 Å². The largest absolute Gasteiger partial charge is 0.327 e. The second-order valence-corrected chi connectivity index (χ2v) is 5.48. The Bertz CT molecular complexity index is 632. The Morgan fingerprint density at radius 1 is 1.27 bits per heavy atom. The Balaban J connectivity index is 0.00000176. The first kappa shape index (κ1) is 16.9. The molecular formula is C15H19ClF2N4. The van der Waals surface area contributed by atoms with Gasteiger partial charge in [0.2, 0.25) is 0 Å². The van der Waals surface area contributed by atoms with Crippen LogP contribution >= 0.6 is 12.4 Å². The summed E-state index contributed by atoms with van der Waals surface area (Å²) in [6.07, 6.45) is 3.84. The fourth-order valence-corrected chi connectivity index (χ4v) is 2.71. The highest BCUT2D eigenvalue weighted by molar-refractivity contribution is 5.85. The number of aromatic nitrogens is 2. The molecule has 2 aromatic rings. The van der Waals surface area contributed by atoms with Gasteiger partial charge in [0.05, 0.1) is 5.69 Å². The van der Waals surface area contributed by atoms with E-state index < -0.39 is 11.6 Å². The number of rotatable bonds is 3. The minimum atomic E-state index is -0.621. The van der Waals surface area contributed by atoms with E-state index in [1.165, 1.54) is 16.8 Å². The third-order valence-electron chi connectivity index (χ3n) is 3.73. The van der Waals surface area contributed by atoms with Gasteiger partial charge in [-0.2, -0.15) is 5.10 Å². The average Bonchev–Trinajstić information content (AvgIpc) is 2.87. The smallest absolute Gasteiger partial charge is 0.151 e. The van der Waals surface area contributed by atoms with Crippen LogP contribution in [0, 0.1) is 11.6 Å². The molecule has 2 heterocycles. The molecule has 2 N–H and O–H groups in total. The van der Waals surface area contributed by atoms with Gasteiger partial charge < -0.3 is 5.73 Å². The van der Waals surface area contributed by atoms with Crippen molar-refractivity contribution in [3.63, 3.8) is 0 Å². The topological polar surface area (TPSA) is 47.1 Å². The van der Waals surface area contributed by atoms with Crippen molar-refractivity contribution in [3.8, 4) is 5.69 Å². The molecule has 1 atom stereocenters. The normalized spacial score (nSPS) is 19.0. The van der Waals surface area contributed by atoms with E-state index in [2.05, 4.69) is 10.00 Å². The van der Waals surface area contributed by atoms with Crippen LogP contribution in [0.3, 0.4) is 0 Å². The highest BCUT2D eigenvalue weighted by Gasteiger charge is 2.17. The zero-order valence-electron chi connectivity index (χ0n) is 12.1. The molecule has 1 saturated heterocycles. The average molecular weight is 329 g/mol. The fourth-order valence-electron chi connectivity index (χ4n) is 2.71. The monoisotopic (exact) mass is 328 g/mol. The molecule has 3 rings (SSSR count). The van der Waals surface area contributed by atoms with Crippen molar-refractivity contribution in [2.75, 3.05) is 13.1 Å². The molecule has 4 nitrogen and oxygen atoms in total. The van der Waals surface area contributed by atoms with Crippen LogP contribution in [0.2, 0.25) is 0 Å². The van der Waals surface area contributed by atoms with Crippen LogP contribution in [-0.4, -0.2) is 33.8 Å². The van der Waals surface area contributed by atoms with Crippen molar-refractivity contribution in [1.29, 1.82) is 0 Å². The summed E-state index contributed by atoms with van der Waals surface area (Å²) in [5, 5.41) is 4.36. The van der Waals surface area contributed by atoms with E-state index in [0.717, 1.165) is 37.7 Å². The maximum atomic E-state index is 13.7. The van der Waals surface area contributed by atoms with Gasteiger partial charge in [0.1, 0.15) is 11.5 Å². The van der Waals surface area contributed by atoms with Crippen molar-refractivity contribution < 1.29 is 8.78 Å². The van der Waals surface area contributed by atoms with Crippen molar-refractivity contribution in [1.82, 2.24) is 14.7 Å². The molecule has 1 aromatic carbocycles. The highest BCUT2D eigenvalue weighted by Crippen LogP contribution is 2.16. The van der Waals surface area contributed by atoms with Crippen LogP contribution < -0.4 is 5.73 Å². The van der Waals surface area contributed by atoms with Crippen LogP contribution in [-0.2, 0) is 6.54 Å². The summed E-state index contributed by atoms with van der Waals surface area (Å²) in [5.74, 6) is -1.21. The van der Waals surface area contributed by atoms with Crippen molar-refractivity contribution >= 4 is 12.4 Å². The van der Waals surface area contributed by atoms with Crippen LogP contribution in [0.1, 0.15) is 18.5 Å². The number of nitrogens with zero attached hydrogens (tertiary/aromatic N) is 3. The molecule has 1 aliphatic rings. The minimum Gasteiger partial charge on any atom is -0.327 e. The molecule has 0 spiro atoms. The van der Waals surface area contributed by atoms with Gasteiger partial charge in [0.25, 0.3) is 0 Å². The molecule has 1 fully saturated rings. The zero-order valence-corrected chi connectivity index (χ0v) is 12.9. The quantitative estimate of drug-likeness (QED) is 0.941. The van der Waals surface area contributed by atoms with Crippen molar-refractivity contribution in [2.45, 2.75) is 25.4 Å². The third-order valence-corrected chi connectivity index (χ3v) is 3.73. The lowest BCUT2D eigenvalue weighted by Gasteiger charge is -2.29. The molecule has 1 aromatic heterocycles. The Labute approximate surface area is 134 Å². The van der Waals surface area contributed by atoms with E-state index in [0.29, 0.717) is 6.54 Å². The Kier molecular flexibility index (Phi) is 5.50. The number of hydrogen-bond acceptors (Lipinski definition) is 3. The van der Waals surface area contributed by atoms with Gasteiger partial charge in [-0.25, -0.2) is 13.5 Å². The summed E-state index contributed by atoms with van der Waals surface area (Å²) < 4.78 is 28.1. The molecule has 0 bridgehead atoms. The van der Waals surface area contributed by atoms with E-state index in [4.69, 9.17) is 5.73 Å². The van der Waals surface area contributed by atoms with Gasteiger partial charge in [-0.3, -0.25) is 4.90 Å². The molecule has 0 unspecified atom stereocenters. The molecule has 0 aliphatic carbocycles. The SMILES string of the molecule is Cl.N[C@@H]1CCCN(Cc2ccn(-c3ccc(F)cc3F)n2)C1. The van der Waals surface area contributed by atoms with Crippen LogP contribution in [0.15, 0.2) is 30.5 Å². The van der Waals surface area contributed by atoms with Crippen LogP contribution in [0.5, 0.6) is 0 Å². The van der Waals surface area contributed by atoms with E-state index in [-0.39, 0.29) is 24.1 Å². The first-order valence-corrected chi connectivity index (χ1v) is 7.10. The summed E-state index contributed by atoms with van der Waals surface area (Å²) in [4.78, 5) is 2.25. The third kappa shape index (κ3) is 3.82. The second-order valence-electron chi connectivity index (χ2n) is 5.48. The molecule has 120 valence electrons. The first-order chi connectivity index (χ1) is 10.1. The molecule has 0 saturated carbocycles. The van der Waals surface area contributed by atoms with Crippen molar-refractivity contribution in [2.24, 2.45) is 5.73 Å². The maximum absolute atomic E-state index is 13.7. The van der Waals surface area contributed by atoms with Crippen molar-refractivity contribution in [3.05, 3.63) is 47.8 Å². The zero-order chi connectivity index (χ0) is 14.8. The predicted molar refractivity (Wildman–Crippen MR) is 83.2 cm³/mol. The number of likely N-dealkylation sites (tertiary alicyclic amines) is 1. The lowest BCUT2D eigenvalue weighted by atomic mass is 10.1. The Morgan fingerprint density at radius 3 is 2.82 bits per heavy atom. The van der Waals surface area contributed by atoms with E-state index in [9.17, 15) is 8.78 Å². The lowest BCUT2D eigenvalue weighted by molar-refractivity contribution is 0.199. The number of benzene rings is 1. The van der Waals surface area contributed by atoms with Gasteiger partial charge in [-0.15, -0.1) is 12.4 Å². The van der Waals surface area contributed by atoms with Crippen LogP contribution in [0.4, 0.5) is 8.78 Å². The minimum absolute atomic E-state index is 0. The van der Waals surface area contributed by atoms with E-state index >= 15 is 0 Å². The number of piperidine rings is 1.